The second-order valence-corrected chi connectivity index (χ2v) is 8.22. The van der Waals surface area contributed by atoms with Gasteiger partial charge in [-0.05, 0) is 18.6 Å². The number of carbonyl (C=O) groups excluding carboxylic acids is 1. The summed E-state index contributed by atoms with van der Waals surface area (Å²) in [5, 5.41) is 18.4. The standard InChI is InChI=1S/C25H27N7O3/c1-2-3-4-5-8-14-27-25(33)21-22-24(30-20-13-7-6-12-19(20)29-22)31(23(21)26)28-16-17-10-9-11-18(15-17)32(34)35/h6-7,9-13,15-16H,2-5,8,14,26H2,1H3,(H,27,33)/b28-16-. The Morgan fingerprint density at radius 1 is 1.11 bits per heavy atom. The highest BCUT2D eigenvalue weighted by atomic mass is 16.6. The maximum atomic E-state index is 13.1. The number of nitrogen functional groups attached to an aromatic ring is 1. The summed E-state index contributed by atoms with van der Waals surface area (Å²) in [6.07, 6.45) is 6.84. The highest BCUT2D eigenvalue weighted by Crippen LogP contribution is 2.28. The Morgan fingerprint density at radius 3 is 2.60 bits per heavy atom. The summed E-state index contributed by atoms with van der Waals surface area (Å²) in [6.45, 7) is 2.69. The predicted molar refractivity (Wildman–Crippen MR) is 137 cm³/mol. The lowest BCUT2D eigenvalue weighted by molar-refractivity contribution is -0.384. The van der Waals surface area contributed by atoms with Gasteiger partial charge in [0.05, 0.1) is 22.2 Å². The lowest BCUT2D eigenvalue weighted by Crippen LogP contribution is -2.25. The number of amides is 1. The molecule has 4 rings (SSSR count). The van der Waals surface area contributed by atoms with Crippen LogP contribution in [0.3, 0.4) is 0 Å². The Balaban J connectivity index is 1.71. The van der Waals surface area contributed by atoms with Crippen molar-refractivity contribution in [3.63, 3.8) is 0 Å². The zero-order valence-corrected chi connectivity index (χ0v) is 19.5. The molecule has 0 atom stereocenters. The number of para-hydroxylation sites is 2. The first kappa shape index (κ1) is 23.8. The van der Waals surface area contributed by atoms with E-state index in [1.807, 2.05) is 24.3 Å². The van der Waals surface area contributed by atoms with Crippen molar-refractivity contribution in [3.8, 4) is 0 Å². The first-order valence-corrected chi connectivity index (χ1v) is 11.6. The van der Waals surface area contributed by atoms with Crippen LogP contribution >= 0.6 is 0 Å². The molecular weight excluding hydrogens is 446 g/mol. The summed E-state index contributed by atoms with van der Waals surface area (Å²) >= 11 is 0. The van der Waals surface area contributed by atoms with E-state index in [4.69, 9.17) is 5.73 Å². The molecule has 0 aliphatic heterocycles. The summed E-state index contributed by atoms with van der Waals surface area (Å²) in [5.41, 5.74) is 9.00. The Morgan fingerprint density at radius 2 is 1.86 bits per heavy atom. The van der Waals surface area contributed by atoms with Crippen molar-refractivity contribution in [2.75, 3.05) is 12.3 Å². The smallest absolute Gasteiger partial charge is 0.270 e. The molecule has 0 saturated carbocycles. The number of nitrogens with two attached hydrogens (primary N) is 1. The van der Waals surface area contributed by atoms with E-state index < -0.39 is 4.92 Å². The van der Waals surface area contributed by atoms with E-state index in [1.54, 1.807) is 12.1 Å². The fourth-order valence-electron chi connectivity index (χ4n) is 3.85. The molecule has 0 bridgehead atoms. The monoisotopic (exact) mass is 473 g/mol. The molecule has 1 amide bonds. The third-order valence-corrected chi connectivity index (χ3v) is 5.67. The molecule has 10 nitrogen and oxygen atoms in total. The Hall–Kier alpha value is -4.34. The third kappa shape index (κ3) is 5.26. The number of hydrogen-bond donors (Lipinski definition) is 2. The molecule has 4 aromatic rings. The number of hydrogen-bond acceptors (Lipinski definition) is 7. The van der Waals surface area contributed by atoms with Gasteiger partial charge in [-0.25, -0.2) is 9.97 Å². The molecule has 180 valence electrons. The Kier molecular flexibility index (Phi) is 7.30. The van der Waals surface area contributed by atoms with Gasteiger partial charge in [0.15, 0.2) is 5.65 Å². The van der Waals surface area contributed by atoms with Crippen molar-refractivity contribution in [2.45, 2.75) is 39.0 Å². The topological polar surface area (TPSA) is 141 Å². The zero-order valence-electron chi connectivity index (χ0n) is 19.5. The molecule has 0 saturated heterocycles. The molecule has 0 aliphatic carbocycles. The number of rotatable bonds is 10. The maximum Gasteiger partial charge on any atom is 0.270 e. The maximum absolute atomic E-state index is 13.1. The van der Waals surface area contributed by atoms with Crippen molar-refractivity contribution < 1.29 is 9.72 Å². The number of nitrogens with one attached hydrogen (secondary N) is 1. The minimum Gasteiger partial charge on any atom is -0.383 e. The molecule has 35 heavy (non-hydrogen) atoms. The number of fused-ring (bicyclic) bond motifs is 2. The summed E-state index contributed by atoms with van der Waals surface area (Å²) in [5.74, 6) is -0.239. The van der Waals surface area contributed by atoms with E-state index in [2.05, 4.69) is 27.3 Å². The first-order chi connectivity index (χ1) is 17.0. The highest BCUT2D eigenvalue weighted by Gasteiger charge is 2.24. The average molecular weight is 474 g/mol. The third-order valence-electron chi connectivity index (χ3n) is 5.67. The molecule has 2 heterocycles. The van der Waals surface area contributed by atoms with E-state index in [1.165, 1.54) is 29.4 Å². The lowest BCUT2D eigenvalue weighted by Gasteiger charge is -2.05. The predicted octanol–water partition coefficient (Wildman–Crippen LogP) is 4.66. The quantitative estimate of drug-likeness (QED) is 0.148. The molecule has 0 aliphatic rings. The van der Waals surface area contributed by atoms with Gasteiger partial charge >= 0.3 is 0 Å². The lowest BCUT2D eigenvalue weighted by atomic mass is 10.1. The van der Waals surface area contributed by atoms with E-state index in [9.17, 15) is 14.9 Å². The van der Waals surface area contributed by atoms with Crippen LogP contribution in [-0.4, -0.2) is 38.2 Å². The number of nitro benzene ring substituents is 1. The van der Waals surface area contributed by atoms with Crippen LogP contribution in [0.5, 0.6) is 0 Å². The van der Waals surface area contributed by atoms with E-state index >= 15 is 0 Å². The van der Waals surface area contributed by atoms with Gasteiger partial charge in [0, 0.05) is 24.2 Å². The summed E-state index contributed by atoms with van der Waals surface area (Å²) in [7, 11) is 0. The van der Waals surface area contributed by atoms with Gasteiger partial charge in [-0.2, -0.15) is 9.78 Å². The summed E-state index contributed by atoms with van der Waals surface area (Å²) in [4.78, 5) is 33.0. The van der Waals surface area contributed by atoms with Gasteiger partial charge < -0.3 is 11.1 Å². The van der Waals surface area contributed by atoms with Crippen LogP contribution in [-0.2, 0) is 0 Å². The van der Waals surface area contributed by atoms with E-state index in [-0.39, 0.29) is 23.0 Å². The van der Waals surface area contributed by atoms with Crippen LogP contribution in [0.15, 0.2) is 53.6 Å². The Labute approximate surface area is 202 Å². The van der Waals surface area contributed by atoms with Crippen molar-refractivity contribution in [1.29, 1.82) is 0 Å². The van der Waals surface area contributed by atoms with Crippen LogP contribution < -0.4 is 11.1 Å². The molecular formula is C25H27N7O3. The van der Waals surface area contributed by atoms with Crippen LogP contribution in [0.25, 0.3) is 22.2 Å². The minimum atomic E-state index is -0.473. The molecule has 2 aromatic heterocycles. The highest BCUT2D eigenvalue weighted by molar-refractivity contribution is 6.10. The molecule has 0 spiro atoms. The van der Waals surface area contributed by atoms with Gasteiger partial charge in [-0.15, -0.1) is 0 Å². The van der Waals surface area contributed by atoms with Crippen LogP contribution in [0.1, 0.15) is 54.9 Å². The fourth-order valence-corrected chi connectivity index (χ4v) is 3.85. The van der Waals surface area contributed by atoms with Gasteiger partial charge in [0.2, 0.25) is 0 Å². The molecule has 0 radical (unpaired) electrons. The minimum absolute atomic E-state index is 0.0518. The SMILES string of the molecule is CCCCCCCNC(=O)c1c(N)n(/N=C\c2cccc([N+](=O)[O-])c2)c2nc3ccccc3nc12. The van der Waals surface area contributed by atoms with E-state index in [0.717, 1.165) is 25.7 Å². The number of non-ortho nitro benzene ring substituents is 1. The number of carbonyl (C=O) groups is 1. The number of nitrogens with zero attached hydrogens (tertiary/aromatic N) is 5. The fraction of sp³-hybridized carbons (Fsp3) is 0.280. The van der Waals surface area contributed by atoms with Crippen molar-refractivity contribution in [3.05, 3.63) is 69.8 Å². The normalized spacial score (nSPS) is 11.5. The van der Waals surface area contributed by atoms with Crippen LogP contribution in [0.2, 0.25) is 0 Å². The van der Waals surface area contributed by atoms with E-state index in [0.29, 0.717) is 34.3 Å². The van der Waals surface area contributed by atoms with Crippen LogP contribution in [0.4, 0.5) is 11.5 Å². The van der Waals surface area contributed by atoms with Gasteiger partial charge in [0.25, 0.3) is 11.6 Å². The molecule has 2 aromatic carbocycles. The van der Waals surface area contributed by atoms with Crippen molar-refractivity contribution in [1.82, 2.24) is 20.0 Å². The largest absolute Gasteiger partial charge is 0.383 e. The first-order valence-electron chi connectivity index (χ1n) is 11.6. The molecule has 3 N–H and O–H groups in total. The van der Waals surface area contributed by atoms with Gasteiger partial charge in [0.1, 0.15) is 16.9 Å². The number of unbranched alkanes of at least 4 members (excludes halogenated alkanes) is 4. The van der Waals surface area contributed by atoms with Crippen molar-refractivity contribution >= 4 is 45.8 Å². The number of aromatic nitrogens is 3. The van der Waals surface area contributed by atoms with Gasteiger partial charge in [-0.3, -0.25) is 14.9 Å². The molecule has 0 fully saturated rings. The molecule has 0 unspecified atom stereocenters. The zero-order chi connectivity index (χ0) is 24.8. The molecule has 10 heteroatoms. The number of benzene rings is 2. The second kappa shape index (κ2) is 10.7. The summed E-state index contributed by atoms with van der Waals surface area (Å²) in [6, 6.07) is 13.4. The van der Waals surface area contributed by atoms with Crippen LogP contribution in [0, 0.1) is 10.1 Å². The average Bonchev–Trinajstić information content (AvgIpc) is 3.13. The van der Waals surface area contributed by atoms with Gasteiger partial charge in [-0.1, -0.05) is 56.9 Å². The Bertz CT molecular complexity index is 1410. The van der Waals surface area contributed by atoms with Crippen molar-refractivity contribution in [2.24, 2.45) is 5.10 Å². The summed E-state index contributed by atoms with van der Waals surface area (Å²) < 4.78 is 1.35. The number of nitro groups is 1. The number of anilines is 1. The second-order valence-electron chi connectivity index (χ2n) is 8.22.